The third-order valence-corrected chi connectivity index (χ3v) is 5.48. The lowest BCUT2D eigenvalue weighted by atomic mass is 9.95. The summed E-state index contributed by atoms with van der Waals surface area (Å²) in [6.45, 7) is 0. The molecule has 0 radical (unpaired) electrons. The van der Waals surface area contributed by atoms with Gasteiger partial charge in [0.2, 0.25) is 11.7 Å². The second-order valence-electron chi connectivity index (χ2n) is 7.64. The number of ether oxygens (including phenoxy) is 3. The number of methoxy groups -OCH3 is 3. The van der Waals surface area contributed by atoms with E-state index in [-0.39, 0.29) is 17.9 Å². The van der Waals surface area contributed by atoms with Crippen molar-refractivity contribution in [2.75, 3.05) is 26.6 Å². The highest BCUT2D eigenvalue weighted by molar-refractivity contribution is 6.07. The van der Waals surface area contributed by atoms with Crippen LogP contribution in [0.5, 0.6) is 17.2 Å². The van der Waals surface area contributed by atoms with E-state index in [4.69, 9.17) is 14.2 Å². The first kappa shape index (κ1) is 23.2. The molecule has 1 aliphatic rings. The van der Waals surface area contributed by atoms with Gasteiger partial charge in [0.1, 0.15) is 0 Å². The van der Waals surface area contributed by atoms with Crippen LogP contribution in [0.15, 0.2) is 42.5 Å². The highest BCUT2D eigenvalue weighted by Crippen LogP contribution is 2.38. The highest BCUT2D eigenvalue weighted by Gasteiger charge is 2.19. The zero-order valence-corrected chi connectivity index (χ0v) is 18.8. The fourth-order valence-electron chi connectivity index (χ4n) is 3.84. The molecule has 1 fully saturated rings. The highest BCUT2D eigenvalue weighted by atomic mass is 16.5. The van der Waals surface area contributed by atoms with E-state index in [1.807, 2.05) is 0 Å². The molecule has 7 heteroatoms. The first-order valence-corrected chi connectivity index (χ1v) is 10.7. The molecule has 32 heavy (non-hydrogen) atoms. The number of carbonyl (C=O) groups excluding carboxylic acids is 2. The molecular formula is C25H30N2O5. The molecule has 2 N–H and O–H groups in total. The van der Waals surface area contributed by atoms with Crippen LogP contribution in [0.2, 0.25) is 0 Å². The van der Waals surface area contributed by atoms with Crippen molar-refractivity contribution in [2.45, 2.75) is 38.1 Å². The Morgan fingerprint density at radius 1 is 0.938 bits per heavy atom. The number of amides is 2. The summed E-state index contributed by atoms with van der Waals surface area (Å²) in [7, 11) is 4.60. The van der Waals surface area contributed by atoms with Gasteiger partial charge in [0, 0.05) is 12.1 Å². The zero-order valence-electron chi connectivity index (χ0n) is 18.8. The van der Waals surface area contributed by atoms with Gasteiger partial charge in [-0.3, -0.25) is 9.59 Å². The maximum atomic E-state index is 12.8. The van der Waals surface area contributed by atoms with Gasteiger partial charge in [-0.05, 0) is 48.7 Å². The maximum absolute atomic E-state index is 12.8. The van der Waals surface area contributed by atoms with Crippen LogP contribution in [-0.4, -0.2) is 39.2 Å². The van der Waals surface area contributed by atoms with Gasteiger partial charge in [-0.1, -0.05) is 31.4 Å². The minimum atomic E-state index is -0.350. The van der Waals surface area contributed by atoms with Crippen LogP contribution in [0.25, 0.3) is 6.08 Å². The van der Waals surface area contributed by atoms with E-state index in [1.54, 1.807) is 42.5 Å². The summed E-state index contributed by atoms with van der Waals surface area (Å²) in [4.78, 5) is 25.3. The molecule has 2 amide bonds. The van der Waals surface area contributed by atoms with Crippen LogP contribution < -0.4 is 24.8 Å². The Morgan fingerprint density at radius 2 is 1.59 bits per heavy atom. The molecule has 1 saturated carbocycles. The lowest BCUT2D eigenvalue weighted by Gasteiger charge is -2.23. The van der Waals surface area contributed by atoms with Crippen LogP contribution in [0.3, 0.4) is 0 Å². The van der Waals surface area contributed by atoms with Gasteiger partial charge in [0.25, 0.3) is 5.91 Å². The molecular weight excluding hydrogens is 408 g/mol. The Morgan fingerprint density at radius 3 is 2.22 bits per heavy atom. The fourth-order valence-corrected chi connectivity index (χ4v) is 3.84. The Hall–Kier alpha value is -3.48. The van der Waals surface area contributed by atoms with Crippen LogP contribution >= 0.6 is 0 Å². The Balaban J connectivity index is 1.71. The van der Waals surface area contributed by atoms with Crippen molar-refractivity contribution in [3.05, 3.63) is 53.6 Å². The molecule has 3 rings (SSSR count). The van der Waals surface area contributed by atoms with E-state index in [2.05, 4.69) is 10.6 Å². The molecule has 7 nitrogen and oxygen atoms in total. The van der Waals surface area contributed by atoms with Crippen molar-refractivity contribution in [1.29, 1.82) is 0 Å². The minimum Gasteiger partial charge on any atom is -0.493 e. The second kappa shape index (κ2) is 11.2. The molecule has 0 unspecified atom stereocenters. The van der Waals surface area contributed by atoms with Crippen molar-refractivity contribution in [3.63, 3.8) is 0 Å². The fraction of sp³-hybridized carbons (Fsp3) is 0.360. The summed E-state index contributed by atoms with van der Waals surface area (Å²) in [6.07, 6.45) is 8.53. The number of hydrogen-bond donors (Lipinski definition) is 2. The van der Waals surface area contributed by atoms with E-state index in [0.29, 0.717) is 34.1 Å². The van der Waals surface area contributed by atoms with E-state index < -0.39 is 0 Å². The smallest absolute Gasteiger partial charge is 0.253 e. The third kappa shape index (κ3) is 5.81. The van der Waals surface area contributed by atoms with Gasteiger partial charge in [0.05, 0.1) is 32.6 Å². The predicted octanol–water partition coefficient (Wildman–Crippen LogP) is 4.43. The lowest BCUT2D eigenvalue weighted by molar-refractivity contribution is -0.111. The number of benzene rings is 2. The molecule has 1 aliphatic carbocycles. The Bertz CT molecular complexity index is 955. The van der Waals surface area contributed by atoms with Gasteiger partial charge in [-0.2, -0.15) is 0 Å². The van der Waals surface area contributed by atoms with Gasteiger partial charge >= 0.3 is 0 Å². The number of anilines is 1. The maximum Gasteiger partial charge on any atom is 0.253 e. The molecule has 0 bridgehead atoms. The lowest BCUT2D eigenvalue weighted by Crippen LogP contribution is -2.36. The van der Waals surface area contributed by atoms with E-state index in [1.165, 1.54) is 33.8 Å². The Labute approximate surface area is 188 Å². The van der Waals surface area contributed by atoms with Crippen LogP contribution in [0, 0.1) is 0 Å². The van der Waals surface area contributed by atoms with Crippen molar-refractivity contribution < 1.29 is 23.8 Å². The summed E-state index contributed by atoms with van der Waals surface area (Å²) in [5.74, 6) is 0.959. The van der Waals surface area contributed by atoms with Gasteiger partial charge in [-0.25, -0.2) is 0 Å². The first-order chi connectivity index (χ1) is 15.5. The zero-order chi connectivity index (χ0) is 22.9. The molecule has 0 aromatic heterocycles. The number of carbonyl (C=O) groups is 2. The summed E-state index contributed by atoms with van der Waals surface area (Å²) in [6, 6.07) is 10.7. The first-order valence-electron chi connectivity index (χ1n) is 10.7. The van der Waals surface area contributed by atoms with Gasteiger partial charge in [0.15, 0.2) is 11.5 Å². The summed E-state index contributed by atoms with van der Waals surface area (Å²) in [5, 5.41) is 5.90. The van der Waals surface area contributed by atoms with Crippen LogP contribution in [-0.2, 0) is 4.79 Å². The number of para-hydroxylation sites is 1. The average Bonchev–Trinajstić information content (AvgIpc) is 2.82. The van der Waals surface area contributed by atoms with Gasteiger partial charge < -0.3 is 24.8 Å². The second-order valence-corrected chi connectivity index (χ2v) is 7.64. The van der Waals surface area contributed by atoms with Crippen LogP contribution in [0.1, 0.15) is 48.0 Å². The molecule has 170 valence electrons. The van der Waals surface area contributed by atoms with Crippen molar-refractivity contribution >= 4 is 23.6 Å². The molecule has 0 atom stereocenters. The summed E-state index contributed by atoms with van der Waals surface area (Å²) >= 11 is 0. The Kier molecular flexibility index (Phi) is 8.14. The topological polar surface area (TPSA) is 85.9 Å². The molecule has 2 aromatic carbocycles. The quantitative estimate of drug-likeness (QED) is 0.596. The predicted molar refractivity (Wildman–Crippen MR) is 125 cm³/mol. The van der Waals surface area contributed by atoms with E-state index >= 15 is 0 Å². The molecule has 0 spiro atoms. The third-order valence-electron chi connectivity index (χ3n) is 5.48. The number of hydrogen-bond acceptors (Lipinski definition) is 5. The van der Waals surface area contributed by atoms with Crippen molar-refractivity contribution in [2.24, 2.45) is 0 Å². The summed E-state index contributed by atoms with van der Waals surface area (Å²) in [5.41, 5.74) is 1.63. The van der Waals surface area contributed by atoms with Crippen LogP contribution in [0.4, 0.5) is 5.69 Å². The standard InChI is InChI=1S/C25H30N2O5/c1-30-21-15-17(16-22(31-2)24(21)32-3)13-14-23(28)27-20-12-8-7-11-19(20)25(29)26-18-9-5-4-6-10-18/h7-8,11-16,18H,4-6,9-10H2,1-3H3,(H,26,29)(H,27,28)/b14-13+. The number of nitrogens with one attached hydrogen (secondary N) is 2. The molecule has 0 aliphatic heterocycles. The van der Waals surface area contributed by atoms with E-state index in [9.17, 15) is 9.59 Å². The SMILES string of the molecule is COc1cc(/C=C/C(=O)Nc2ccccc2C(=O)NC2CCCCC2)cc(OC)c1OC. The van der Waals surface area contributed by atoms with E-state index in [0.717, 1.165) is 25.7 Å². The van der Waals surface area contributed by atoms with Crippen molar-refractivity contribution in [1.82, 2.24) is 5.32 Å². The van der Waals surface area contributed by atoms with Crippen molar-refractivity contribution in [3.8, 4) is 17.2 Å². The monoisotopic (exact) mass is 438 g/mol. The van der Waals surface area contributed by atoms with Gasteiger partial charge in [-0.15, -0.1) is 0 Å². The number of rotatable bonds is 8. The average molecular weight is 439 g/mol. The molecule has 0 saturated heterocycles. The minimum absolute atomic E-state index is 0.165. The molecule has 2 aromatic rings. The normalized spacial score (nSPS) is 14.1. The largest absolute Gasteiger partial charge is 0.493 e. The molecule has 0 heterocycles. The summed E-state index contributed by atoms with van der Waals surface area (Å²) < 4.78 is 16.0.